The number of rotatable bonds is 9. The lowest BCUT2D eigenvalue weighted by Gasteiger charge is -2.05. The predicted molar refractivity (Wildman–Crippen MR) is 99.5 cm³/mol. The van der Waals surface area contributed by atoms with Gasteiger partial charge in [0.1, 0.15) is 10.8 Å². The van der Waals surface area contributed by atoms with E-state index in [0.717, 1.165) is 24.3 Å². The first kappa shape index (κ1) is 19.3. The fraction of sp³-hybridized carbons (Fsp3) is 0.375. The van der Waals surface area contributed by atoms with Crippen LogP contribution in [0.15, 0.2) is 24.3 Å². The molecule has 0 spiro atoms. The highest BCUT2D eigenvalue weighted by Gasteiger charge is 2.10. The lowest BCUT2D eigenvalue weighted by molar-refractivity contribution is -0.114. The zero-order chi connectivity index (χ0) is 18.1. The molecular weight excluding hydrogens is 363 g/mol. The number of thioether (sulfide) groups is 1. The second-order valence-corrected chi connectivity index (χ2v) is 7.25. The summed E-state index contributed by atoms with van der Waals surface area (Å²) >= 11 is 2.56. The molecule has 1 aromatic carbocycles. The maximum atomic E-state index is 12.8. The molecule has 0 saturated heterocycles. The largest absolute Gasteiger partial charge is 0.325 e. The summed E-state index contributed by atoms with van der Waals surface area (Å²) < 4.78 is 12.8. The van der Waals surface area contributed by atoms with Gasteiger partial charge in [0.2, 0.25) is 16.9 Å². The molecule has 0 unspecified atom stereocenters. The Morgan fingerprint density at radius 2 is 1.80 bits per heavy atom. The van der Waals surface area contributed by atoms with E-state index in [4.69, 9.17) is 0 Å². The van der Waals surface area contributed by atoms with E-state index in [1.165, 1.54) is 47.4 Å². The highest BCUT2D eigenvalue weighted by molar-refractivity contribution is 8.00. The number of nitrogens with one attached hydrogen (secondary N) is 2. The van der Waals surface area contributed by atoms with Crippen molar-refractivity contribution < 1.29 is 14.0 Å². The van der Waals surface area contributed by atoms with Crippen molar-refractivity contribution in [2.45, 2.75) is 26.2 Å². The molecule has 2 aromatic rings. The molecule has 0 radical (unpaired) electrons. The van der Waals surface area contributed by atoms with Crippen LogP contribution < -0.4 is 10.6 Å². The van der Waals surface area contributed by atoms with E-state index in [9.17, 15) is 14.0 Å². The number of anilines is 2. The predicted octanol–water partition coefficient (Wildman–Crippen LogP) is 3.33. The standard InChI is InChI=1S/C16H19FN4O2S2/c1-2-3-4-15-20-21-16(25-15)19-14(23)10-24-9-13(22)18-12-7-5-11(17)6-8-12/h5-8H,2-4,9-10H2,1H3,(H,18,22)(H,19,21,23). The lowest BCUT2D eigenvalue weighted by atomic mass is 10.3. The van der Waals surface area contributed by atoms with E-state index in [1.54, 1.807) is 0 Å². The number of halogens is 1. The van der Waals surface area contributed by atoms with Crippen molar-refractivity contribution in [1.82, 2.24) is 10.2 Å². The minimum absolute atomic E-state index is 0.128. The van der Waals surface area contributed by atoms with E-state index in [2.05, 4.69) is 27.8 Å². The van der Waals surface area contributed by atoms with Gasteiger partial charge in [-0.1, -0.05) is 24.7 Å². The summed E-state index contributed by atoms with van der Waals surface area (Å²) in [6, 6.07) is 5.51. The zero-order valence-corrected chi connectivity index (χ0v) is 15.4. The van der Waals surface area contributed by atoms with Crippen LogP contribution in [0.1, 0.15) is 24.8 Å². The Balaban J connectivity index is 1.66. The van der Waals surface area contributed by atoms with Crippen LogP contribution in [0, 0.1) is 5.82 Å². The van der Waals surface area contributed by atoms with Crippen LogP contribution in [0.4, 0.5) is 15.2 Å². The molecule has 9 heteroatoms. The van der Waals surface area contributed by atoms with Gasteiger partial charge in [0.15, 0.2) is 0 Å². The number of nitrogens with zero attached hydrogens (tertiary/aromatic N) is 2. The second kappa shape index (κ2) is 10.1. The zero-order valence-electron chi connectivity index (χ0n) is 13.8. The molecule has 0 bridgehead atoms. The Kier molecular flexibility index (Phi) is 7.80. The number of aryl methyl sites for hydroxylation is 1. The van der Waals surface area contributed by atoms with Crippen molar-refractivity contribution in [3.05, 3.63) is 35.1 Å². The second-order valence-electron chi connectivity index (χ2n) is 5.20. The minimum Gasteiger partial charge on any atom is -0.325 e. The van der Waals surface area contributed by atoms with E-state index in [-0.39, 0.29) is 29.1 Å². The number of carbonyl (C=O) groups is 2. The van der Waals surface area contributed by atoms with Crippen LogP contribution >= 0.6 is 23.1 Å². The van der Waals surface area contributed by atoms with Crippen molar-refractivity contribution in [2.24, 2.45) is 0 Å². The number of amides is 2. The number of aromatic nitrogens is 2. The van der Waals surface area contributed by atoms with Gasteiger partial charge in [0.25, 0.3) is 0 Å². The van der Waals surface area contributed by atoms with Crippen molar-refractivity contribution in [3.8, 4) is 0 Å². The van der Waals surface area contributed by atoms with Crippen molar-refractivity contribution in [1.29, 1.82) is 0 Å². The van der Waals surface area contributed by atoms with Crippen LogP contribution in [-0.2, 0) is 16.0 Å². The highest BCUT2D eigenvalue weighted by Crippen LogP contribution is 2.17. The average Bonchev–Trinajstić information content (AvgIpc) is 3.02. The number of hydrogen-bond acceptors (Lipinski definition) is 6. The maximum absolute atomic E-state index is 12.8. The summed E-state index contributed by atoms with van der Waals surface area (Å²) in [4.78, 5) is 23.6. The topological polar surface area (TPSA) is 84.0 Å². The third kappa shape index (κ3) is 7.18. The number of benzene rings is 1. The summed E-state index contributed by atoms with van der Waals surface area (Å²) in [5.74, 6) is -0.567. The maximum Gasteiger partial charge on any atom is 0.236 e. The quantitative estimate of drug-likeness (QED) is 0.695. The van der Waals surface area contributed by atoms with Crippen molar-refractivity contribution in [3.63, 3.8) is 0 Å². The molecule has 1 aromatic heterocycles. The van der Waals surface area contributed by atoms with Gasteiger partial charge in [-0.2, -0.15) is 0 Å². The molecule has 25 heavy (non-hydrogen) atoms. The highest BCUT2D eigenvalue weighted by atomic mass is 32.2. The Morgan fingerprint density at radius 3 is 2.48 bits per heavy atom. The van der Waals surface area contributed by atoms with Crippen molar-refractivity contribution >= 4 is 45.7 Å². The minimum atomic E-state index is -0.362. The van der Waals surface area contributed by atoms with Crippen LogP contribution in [0.3, 0.4) is 0 Å². The van der Waals surface area contributed by atoms with Gasteiger partial charge in [-0.3, -0.25) is 14.9 Å². The van der Waals surface area contributed by atoms with Crippen molar-refractivity contribution in [2.75, 3.05) is 22.1 Å². The van der Waals surface area contributed by atoms with E-state index >= 15 is 0 Å². The summed E-state index contributed by atoms with van der Waals surface area (Å²) in [7, 11) is 0. The Labute approximate surface area is 153 Å². The molecule has 0 saturated carbocycles. The summed E-state index contributed by atoms with van der Waals surface area (Å²) in [6.45, 7) is 2.10. The fourth-order valence-electron chi connectivity index (χ4n) is 1.86. The Bertz CT molecular complexity index is 706. The molecule has 2 amide bonds. The van der Waals surface area contributed by atoms with Gasteiger partial charge in [-0.25, -0.2) is 4.39 Å². The van der Waals surface area contributed by atoms with Gasteiger partial charge < -0.3 is 5.32 Å². The number of carbonyl (C=O) groups excluding carboxylic acids is 2. The van der Waals surface area contributed by atoms with Crippen LogP contribution in [0.25, 0.3) is 0 Å². The van der Waals surface area contributed by atoms with Gasteiger partial charge in [0.05, 0.1) is 11.5 Å². The molecule has 1 heterocycles. The van der Waals surface area contributed by atoms with E-state index in [0.29, 0.717) is 10.8 Å². The Hall–Kier alpha value is -2.00. The van der Waals surface area contributed by atoms with Crippen LogP contribution in [0.5, 0.6) is 0 Å². The first-order valence-electron chi connectivity index (χ1n) is 7.82. The third-order valence-corrected chi connectivity index (χ3v) is 4.88. The number of hydrogen-bond donors (Lipinski definition) is 2. The van der Waals surface area contributed by atoms with E-state index in [1.807, 2.05) is 0 Å². The summed E-state index contributed by atoms with van der Waals surface area (Å²) in [6.07, 6.45) is 2.99. The average molecular weight is 382 g/mol. The molecule has 134 valence electrons. The van der Waals surface area contributed by atoms with Gasteiger partial charge in [0, 0.05) is 12.1 Å². The SMILES string of the molecule is CCCCc1nnc(NC(=O)CSCC(=O)Nc2ccc(F)cc2)s1. The molecule has 0 aliphatic rings. The molecule has 0 atom stereocenters. The monoisotopic (exact) mass is 382 g/mol. The normalized spacial score (nSPS) is 10.5. The molecule has 6 nitrogen and oxygen atoms in total. The molecule has 2 rings (SSSR count). The van der Waals surface area contributed by atoms with Crippen LogP contribution in [0.2, 0.25) is 0 Å². The molecular formula is C16H19FN4O2S2. The van der Waals surface area contributed by atoms with Crippen LogP contribution in [-0.4, -0.2) is 33.5 Å². The first-order chi connectivity index (χ1) is 12.1. The van der Waals surface area contributed by atoms with Gasteiger partial charge in [-0.15, -0.1) is 22.0 Å². The fourth-order valence-corrected chi connectivity index (χ4v) is 3.27. The smallest absolute Gasteiger partial charge is 0.236 e. The lowest BCUT2D eigenvalue weighted by Crippen LogP contribution is -2.18. The molecule has 0 fully saturated rings. The Morgan fingerprint density at radius 1 is 1.12 bits per heavy atom. The molecule has 0 aliphatic carbocycles. The summed E-state index contributed by atoms with van der Waals surface area (Å²) in [5.41, 5.74) is 0.518. The molecule has 0 aliphatic heterocycles. The van der Waals surface area contributed by atoms with Gasteiger partial charge >= 0.3 is 0 Å². The summed E-state index contributed by atoms with van der Waals surface area (Å²) in [5, 5.41) is 14.7. The number of unbranched alkanes of at least 4 members (excludes halogenated alkanes) is 1. The van der Waals surface area contributed by atoms with E-state index < -0.39 is 0 Å². The molecule has 2 N–H and O–H groups in total. The third-order valence-electron chi connectivity index (χ3n) is 3.05. The first-order valence-corrected chi connectivity index (χ1v) is 9.79. The van der Waals surface area contributed by atoms with Gasteiger partial charge in [-0.05, 0) is 30.7 Å².